The lowest BCUT2D eigenvalue weighted by molar-refractivity contribution is -0.274. The molecule has 0 aliphatic carbocycles. The smallest absolute Gasteiger partial charge is 0.406 e. The molecule has 0 fully saturated rings. The average molecular weight is 446 g/mol. The highest BCUT2D eigenvalue weighted by Crippen LogP contribution is 2.45. The number of nitrogens with zero attached hydrogens (tertiary/aromatic N) is 3. The molecular weight excluding hydrogens is 430 g/mol. The predicted octanol–water partition coefficient (Wildman–Crippen LogP) is 3.78. The van der Waals surface area contributed by atoms with E-state index in [1.165, 1.54) is 26.1 Å². The van der Waals surface area contributed by atoms with E-state index in [0.717, 1.165) is 29.3 Å². The standard InChI is InChI=1S/C19H16F6N4O2/c1-17(11-4-3-5-12(8-11)31-19(23,24)25)14(15(30)29(2)16(26)28-17)10-6-7-13(27-9-10)18(20,21)22/h3-9,14H,1-2H3,(H2,26,28)/t14-,17-/m1/s1. The number of amides is 1. The van der Waals surface area contributed by atoms with Gasteiger partial charge in [0, 0.05) is 13.2 Å². The van der Waals surface area contributed by atoms with Gasteiger partial charge in [-0.1, -0.05) is 18.2 Å². The number of alkyl halides is 6. The summed E-state index contributed by atoms with van der Waals surface area (Å²) >= 11 is 0. The molecule has 1 aromatic heterocycles. The Morgan fingerprint density at radius 2 is 1.81 bits per heavy atom. The minimum Gasteiger partial charge on any atom is -0.406 e. The Balaban J connectivity index is 2.13. The van der Waals surface area contributed by atoms with Crippen molar-refractivity contribution in [1.29, 1.82) is 0 Å². The summed E-state index contributed by atoms with van der Waals surface area (Å²) in [6.07, 6.45) is -8.73. The Bertz CT molecular complexity index is 1020. The second-order valence-corrected chi connectivity index (χ2v) is 7.00. The summed E-state index contributed by atoms with van der Waals surface area (Å²) < 4.78 is 80.4. The third-order valence-electron chi connectivity index (χ3n) is 4.89. The van der Waals surface area contributed by atoms with Crippen LogP contribution in [0.15, 0.2) is 47.6 Å². The summed E-state index contributed by atoms with van der Waals surface area (Å²) in [5.74, 6) is -2.57. The Labute approximate surface area is 172 Å². The molecule has 0 bridgehead atoms. The number of hydrogen-bond acceptors (Lipinski definition) is 5. The summed E-state index contributed by atoms with van der Waals surface area (Å²) in [5.41, 5.74) is 3.36. The van der Waals surface area contributed by atoms with E-state index < -0.39 is 41.3 Å². The van der Waals surface area contributed by atoms with Gasteiger partial charge in [0.15, 0.2) is 5.96 Å². The van der Waals surface area contributed by atoms with Crippen LogP contribution in [0.4, 0.5) is 26.3 Å². The quantitative estimate of drug-likeness (QED) is 0.728. The van der Waals surface area contributed by atoms with Gasteiger partial charge >= 0.3 is 12.5 Å². The number of pyridine rings is 1. The highest BCUT2D eigenvalue weighted by atomic mass is 19.4. The van der Waals surface area contributed by atoms with Crippen LogP contribution < -0.4 is 10.5 Å². The van der Waals surface area contributed by atoms with Crippen molar-refractivity contribution >= 4 is 11.9 Å². The zero-order chi connectivity index (χ0) is 23.2. The Kier molecular flexibility index (Phi) is 5.36. The molecule has 166 valence electrons. The number of aromatic nitrogens is 1. The second kappa shape index (κ2) is 7.43. The number of hydrogen-bond donors (Lipinski definition) is 1. The number of benzene rings is 1. The van der Waals surface area contributed by atoms with E-state index in [2.05, 4.69) is 14.7 Å². The molecule has 0 saturated carbocycles. The van der Waals surface area contributed by atoms with Crippen molar-refractivity contribution < 1.29 is 35.9 Å². The van der Waals surface area contributed by atoms with Crippen molar-refractivity contribution in [1.82, 2.24) is 9.88 Å². The molecule has 0 unspecified atom stereocenters. The van der Waals surface area contributed by atoms with E-state index in [-0.39, 0.29) is 17.1 Å². The number of likely N-dealkylation sites (N-methyl/N-ethyl adjacent to an activating group) is 1. The highest BCUT2D eigenvalue weighted by Gasteiger charge is 2.48. The maximum absolute atomic E-state index is 13.0. The maximum atomic E-state index is 13.0. The lowest BCUT2D eigenvalue weighted by Gasteiger charge is -2.40. The van der Waals surface area contributed by atoms with Crippen LogP contribution in [0.1, 0.15) is 29.7 Å². The molecule has 1 aromatic carbocycles. The molecule has 1 aliphatic rings. The first kappa shape index (κ1) is 22.4. The minimum absolute atomic E-state index is 0.0887. The van der Waals surface area contributed by atoms with Crippen molar-refractivity contribution in [3.63, 3.8) is 0 Å². The van der Waals surface area contributed by atoms with E-state index in [0.29, 0.717) is 6.07 Å². The van der Waals surface area contributed by atoms with Crippen LogP contribution in [0.3, 0.4) is 0 Å². The molecule has 0 radical (unpaired) electrons. The molecule has 6 nitrogen and oxygen atoms in total. The van der Waals surface area contributed by atoms with E-state index in [1.54, 1.807) is 0 Å². The van der Waals surface area contributed by atoms with Crippen molar-refractivity contribution in [2.45, 2.75) is 30.9 Å². The lowest BCUT2D eigenvalue weighted by atomic mass is 9.74. The molecule has 1 aliphatic heterocycles. The van der Waals surface area contributed by atoms with Crippen LogP contribution in [0.2, 0.25) is 0 Å². The van der Waals surface area contributed by atoms with Crippen LogP contribution >= 0.6 is 0 Å². The van der Waals surface area contributed by atoms with E-state index in [9.17, 15) is 31.1 Å². The van der Waals surface area contributed by atoms with Gasteiger partial charge in [0.05, 0.1) is 5.92 Å². The number of rotatable bonds is 3. The fraction of sp³-hybridized carbons (Fsp3) is 0.316. The average Bonchev–Trinajstić information content (AvgIpc) is 2.65. The number of carbonyl (C=O) groups excluding carboxylic acids is 1. The number of aliphatic imine (C=N–C) groups is 1. The number of nitrogens with two attached hydrogens (primary N) is 1. The summed E-state index contributed by atoms with van der Waals surface area (Å²) in [6, 6.07) is 6.61. The van der Waals surface area contributed by atoms with Gasteiger partial charge in [-0.05, 0) is 36.2 Å². The van der Waals surface area contributed by atoms with Crippen LogP contribution in [-0.2, 0) is 16.5 Å². The summed E-state index contributed by atoms with van der Waals surface area (Å²) in [7, 11) is 1.33. The molecule has 31 heavy (non-hydrogen) atoms. The minimum atomic E-state index is -4.94. The van der Waals surface area contributed by atoms with Gasteiger partial charge in [-0.3, -0.25) is 14.7 Å². The van der Waals surface area contributed by atoms with Crippen molar-refractivity contribution in [3.8, 4) is 5.75 Å². The van der Waals surface area contributed by atoms with Gasteiger partial charge in [-0.15, -0.1) is 13.2 Å². The van der Waals surface area contributed by atoms with Crippen molar-refractivity contribution in [2.75, 3.05) is 7.05 Å². The number of carbonyl (C=O) groups is 1. The Morgan fingerprint density at radius 3 is 2.35 bits per heavy atom. The zero-order valence-electron chi connectivity index (χ0n) is 16.1. The van der Waals surface area contributed by atoms with E-state index in [4.69, 9.17) is 5.73 Å². The molecule has 3 rings (SSSR count). The molecular formula is C19H16F6N4O2. The Morgan fingerprint density at radius 1 is 1.13 bits per heavy atom. The second-order valence-electron chi connectivity index (χ2n) is 7.00. The Hall–Kier alpha value is -3.31. The predicted molar refractivity (Wildman–Crippen MR) is 96.8 cm³/mol. The third kappa shape index (κ3) is 4.42. The fourth-order valence-electron chi connectivity index (χ4n) is 3.37. The van der Waals surface area contributed by atoms with Gasteiger partial charge in [-0.25, -0.2) is 4.99 Å². The summed E-state index contributed by atoms with van der Waals surface area (Å²) in [6.45, 7) is 1.44. The molecule has 12 heteroatoms. The van der Waals surface area contributed by atoms with Crippen molar-refractivity contribution in [3.05, 3.63) is 59.4 Å². The first-order valence-electron chi connectivity index (χ1n) is 8.75. The lowest BCUT2D eigenvalue weighted by Crippen LogP contribution is -2.52. The zero-order valence-corrected chi connectivity index (χ0v) is 16.1. The third-order valence-corrected chi connectivity index (χ3v) is 4.89. The van der Waals surface area contributed by atoms with Crippen molar-refractivity contribution in [2.24, 2.45) is 10.7 Å². The van der Waals surface area contributed by atoms with Crippen LogP contribution in [0.5, 0.6) is 5.75 Å². The van der Waals surface area contributed by atoms with E-state index in [1.807, 2.05) is 0 Å². The molecule has 2 N–H and O–H groups in total. The van der Waals surface area contributed by atoms with Gasteiger partial charge < -0.3 is 10.5 Å². The molecule has 0 spiro atoms. The van der Waals surface area contributed by atoms with E-state index >= 15 is 0 Å². The number of guanidine groups is 1. The van der Waals surface area contributed by atoms with Crippen LogP contribution in [0.25, 0.3) is 0 Å². The van der Waals surface area contributed by atoms with Crippen LogP contribution in [0, 0.1) is 0 Å². The molecule has 2 heterocycles. The molecule has 2 atom stereocenters. The maximum Gasteiger partial charge on any atom is 0.573 e. The first-order valence-corrected chi connectivity index (χ1v) is 8.75. The van der Waals surface area contributed by atoms with Gasteiger partial charge in [0.2, 0.25) is 5.91 Å². The largest absolute Gasteiger partial charge is 0.573 e. The number of halogens is 6. The molecule has 0 saturated heterocycles. The van der Waals surface area contributed by atoms with Crippen LogP contribution in [-0.4, -0.2) is 35.2 Å². The summed E-state index contributed by atoms with van der Waals surface area (Å²) in [5, 5.41) is 0. The first-order chi connectivity index (χ1) is 14.2. The van der Waals surface area contributed by atoms with Gasteiger partial charge in [0.1, 0.15) is 17.0 Å². The van der Waals surface area contributed by atoms with Gasteiger partial charge in [0.25, 0.3) is 0 Å². The topological polar surface area (TPSA) is 80.8 Å². The summed E-state index contributed by atoms with van der Waals surface area (Å²) in [4.78, 5) is 21.7. The van der Waals surface area contributed by atoms with Gasteiger partial charge in [-0.2, -0.15) is 13.2 Å². The monoisotopic (exact) mass is 446 g/mol. The molecule has 2 aromatic rings. The number of ether oxygens (including phenoxy) is 1. The fourth-order valence-corrected chi connectivity index (χ4v) is 3.37. The normalized spacial score (nSPS) is 22.3. The highest BCUT2D eigenvalue weighted by molar-refractivity contribution is 6.02. The SMILES string of the molecule is CN1C(=O)[C@@H](c2ccc(C(F)(F)F)nc2)[C@@](C)(c2cccc(OC(F)(F)F)c2)N=C1N. The molecule has 1 amide bonds.